The van der Waals surface area contributed by atoms with E-state index in [-0.39, 0.29) is 10.5 Å². The molecule has 0 saturated carbocycles. The predicted octanol–water partition coefficient (Wildman–Crippen LogP) is 5.70. The Morgan fingerprint density at radius 2 is 1.71 bits per heavy atom. The molecular weight excluding hydrogens is 315 g/mol. The van der Waals surface area contributed by atoms with Crippen LogP contribution in [0.15, 0.2) is 36.4 Å². The van der Waals surface area contributed by atoms with Crippen LogP contribution in [0.4, 0.5) is 0 Å². The molecule has 2 nitrogen and oxygen atoms in total. The van der Waals surface area contributed by atoms with Gasteiger partial charge >= 0.3 is 0 Å². The van der Waals surface area contributed by atoms with Crippen molar-refractivity contribution in [1.82, 2.24) is 0 Å². The summed E-state index contributed by atoms with van der Waals surface area (Å²) in [7, 11) is 1.25. The van der Waals surface area contributed by atoms with Crippen molar-refractivity contribution in [3.63, 3.8) is 0 Å². The largest absolute Gasteiger partial charge is 0.496 e. The van der Waals surface area contributed by atoms with Crippen molar-refractivity contribution in [2.75, 3.05) is 7.11 Å². The monoisotopic (exact) mass is 342 g/mol. The summed E-state index contributed by atoms with van der Waals surface area (Å²) in [5.74, 6) is 1.96. The second-order valence-electron chi connectivity index (χ2n) is 7.86. The molecule has 0 saturated heterocycles. The first-order valence-electron chi connectivity index (χ1n) is 8.43. The maximum absolute atomic E-state index is 6.40. The van der Waals surface area contributed by atoms with Crippen LogP contribution >= 0.6 is 7.92 Å². The van der Waals surface area contributed by atoms with Gasteiger partial charge in [0.15, 0.2) is 0 Å². The van der Waals surface area contributed by atoms with E-state index in [2.05, 4.69) is 65.8 Å². The maximum Gasteiger partial charge on any atom is 0.129 e. The lowest BCUT2D eigenvalue weighted by Gasteiger charge is -2.37. The Kier molecular flexibility index (Phi) is 4.16. The summed E-state index contributed by atoms with van der Waals surface area (Å²) in [6, 6.07) is 12.7. The van der Waals surface area contributed by atoms with Gasteiger partial charge in [0.25, 0.3) is 0 Å². The smallest absolute Gasteiger partial charge is 0.129 e. The third-order valence-electron chi connectivity index (χ3n) is 4.52. The summed E-state index contributed by atoms with van der Waals surface area (Å²) in [4.78, 5) is 0. The predicted molar refractivity (Wildman–Crippen MR) is 104 cm³/mol. The number of ether oxygens (including phenoxy) is 2. The van der Waals surface area contributed by atoms with E-state index in [0.717, 1.165) is 11.5 Å². The Hall–Kier alpha value is -1.53. The lowest BCUT2D eigenvalue weighted by atomic mass is 9.99. The van der Waals surface area contributed by atoms with Crippen LogP contribution in [-0.4, -0.2) is 17.6 Å². The van der Waals surface area contributed by atoms with Crippen molar-refractivity contribution in [2.45, 2.75) is 52.0 Å². The van der Waals surface area contributed by atoms with Crippen LogP contribution in [0.3, 0.4) is 0 Å². The minimum Gasteiger partial charge on any atom is -0.496 e. The van der Waals surface area contributed by atoms with Crippen LogP contribution in [0.2, 0.25) is 0 Å². The zero-order valence-corrected chi connectivity index (χ0v) is 16.6. The summed E-state index contributed by atoms with van der Waals surface area (Å²) < 4.78 is 12.1. The Morgan fingerprint density at radius 3 is 2.33 bits per heavy atom. The highest BCUT2D eigenvalue weighted by atomic mass is 31.1. The van der Waals surface area contributed by atoms with Crippen molar-refractivity contribution < 1.29 is 9.47 Å². The fourth-order valence-corrected chi connectivity index (χ4v) is 7.70. The van der Waals surface area contributed by atoms with Gasteiger partial charge < -0.3 is 9.47 Å². The van der Waals surface area contributed by atoms with Crippen LogP contribution in [0, 0.1) is 6.92 Å². The fraction of sp³-hybridized carbons (Fsp3) is 0.429. The molecule has 1 heterocycles. The summed E-state index contributed by atoms with van der Waals surface area (Å²) in [6.45, 7) is 13.6. The molecule has 3 rings (SSSR count). The minimum atomic E-state index is -0.497. The summed E-state index contributed by atoms with van der Waals surface area (Å²) in [5.41, 5.74) is 3.68. The standard InChI is InChI=1S/C21H27O2P/c1-14-10-8-12-16(22-7)18(14)15-11-9-13-17-19(15)24(20(2,3)4)21(5,6)23-17/h8-13H,1-7H3/t24-/m0/s1. The van der Waals surface area contributed by atoms with Crippen LogP contribution in [0.5, 0.6) is 11.5 Å². The zero-order valence-electron chi connectivity index (χ0n) is 15.7. The van der Waals surface area contributed by atoms with Gasteiger partial charge in [0.1, 0.15) is 16.8 Å². The first kappa shape index (κ1) is 17.3. The molecular formula is C21H27O2P. The zero-order chi connectivity index (χ0) is 17.7. The van der Waals surface area contributed by atoms with E-state index in [1.807, 2.05) is 12.1 Å². The number of hydrogen-bond donors (Lipinski definition) is 0. The van der Waals surface area contributed by atoms with Gasteiger partial charge in [-0.15, -0.1) is 0 Å². The molecule has 0 radical (unpaired) electrons. The number of rotatable bonds is 2. The van der Waals surface area contributed by atoms with Gasteiger partial charge in [0.2, 0.25) is 0 Å². The van der Waals surface area contributed by atoms with Gasteiger partial charge in [-0.05, 0) is 57.1 Å². The third kappa shape index (κ3) is 2.71. The summed E-state index contributed by atoms with van der Waals surface area (Å²) in [5, 5.41) is 1.37. The second-order valence-corrected chi connectivity index (χ2v) is 11.4. The van der Waals surface area contributed by atoms with Crippen molar-refractivity contribution in [1.29, 1.82) is 0 Å². The highest BCUT2D eigenvalue weighted by molar-refractivity contribution is 7.69. The molecule has 1 aliphatic heterocycles. The van der Waals surface area contributed by atoms with Gasteiger partial charge in [-0.1, -0.05) is 45.0 Å². The van der Waals surface area contributed by atoms with Crippen molar-refractivity contribution >= 4 is 13.2 Å². The Labute approximate surface area is 146 Å². The van der Waals surface area contributed by atoms with Gasteiger partial charge in [-0.2, -0.15) is 0 Å². The van der Waals surface area contributed by atoms with Crippen LogP contribution in [0.25, 0.3) is 11.1 Å². The molecule has 0 aromatic heterocycles. The van der Waals surface area contributed by atoms with Crippen molar-refractivity contribution in [3.05, 3.63) is 42.0 Å². The molecule has 0 fully saturated rings. The topological polar surface area (TPSA) is 18.5 Å². The van der Waals surface area contributed by atoms with Gasteiger partial charge in [0.05, 0.1) is 7.11 Å². The summed E-state index contributed by atoms with van der Waals surface area (Å²) >= 11 is 0. The quantitative estimate of drug-likeness (QED) is 0.651. The SMILES string of the molecule is COc1cccc(C)c1-c1cccc2c1[P@@](C(C)(C)C)C(C)(C)O2. The molecule has 24 heavy (non-hydrogen) atoms. The van der Waals surface area contributed by atoms with Crippen LogP contribution in [-0.2, 0) is 0 Å². The molecule has 3 heteroatoms. The molecule has 0 spiro atoms. The van der Waals surface area contributed by atoms with Gasteiger partial charge in [-0.3, -0.25) is 0 Å². The van der Waals surface area contributed by atoms with Gasteiger partial charge in [0, 0.05) is 10.9 Å². The van der Waals surface area contributed by atoms with E-state index in [1.165, 1.54) is 22.0 Å². The highest BCUT2D eigenvalue weighted by Gasteiger charge is 2.48. The van der Waals surface area contributed by atoms with Crippen molar-refractivity contribution in [2.24, 2.45) is 0 Å². The number of fused-ring (bicyclic) bond motifs is 1. The Morgan fingerprint density at radius 1 is 1.04 bits per heavy atom. The van der Waals surface area contributed by atoms with Crippen LogP contribution < -0.4 is 14.8 Å². The lowest BCUT2D eigenvalue weighted by molar-refractivity contribution is 0.210. The van der Waals surface area contributed by atoms with Gasteiger partial charge in [-0.25, -0.2) is 0 Å². The fourth-order valence-electron chi connectivity index (χ4n) is 3.92. The van der Waals surface area contributed by atoms with E-state index in [9.17, 15) is 0 Å². The molecule has 1 aliphatic rings. The van der Waals surface area contributed by atoms with E-state index < -0.39 is 7.92 Å². The molecule has 0 bridgehead atoms. The molecule has 1 atom stereocenters. The first-order chi connectivity index (χ1) is 11.2. The number of benzene rings is 2. The molecule has 2 aromatic carbocycles. The average molecular weight is 342 g/mol. The average Bonchev–Trinajstić information content (AvgIpc) is 2.76. The van der Waals surface area contributed by atoms with E-state index in [1.54, 1.807) is 7.11 Å². The van der Waals surface area contributed by atoms with E-state index >= 15 is 0 Å². The number of hydrogen-bond acceptors (Lipinski definition) is 2. The molecule has 0 amide bonds. The summed E-state index contributed by atoms with van der Waals surface area (Å²) in [6.07, 6.45) is 0. The molecule has 2 aromatic rings. The molecule has 0 unspecified atom stereocenters. The lowest BCUT2D eigenvalue weighted by Crippen LogP contribution is -2.31. The van der Waals surface area contributed by atoms with Crippen molar-refractivity contribution in [3.8, 4) is 22.6 Å². The Balaban J connectivity index is 2.32. The minimum absolute atomic E-state index is 0.163. The van der Waals surface area contributed by atoms with Crippen LogP contribution in [0.1, 0.15) is 40.2 Å². The maximum atomic E-state index is 6.40. The Bertz CT molecular complexity index is 772. The molecule has 0 N–H and O–H groups in total. The normalized spacial score (nSPS) is 18.9. The molecule has 0 aliphatic carbocycles. The highest BCUT2D eigenvalue weighted by Crippen LogP contribution is 2.65. The molecule has 128 valence electrons. The first-order valence-corrected chi connectivity index (χ1v) is 9.77. The number of methoxy groups -OCH3 is 1. The number of aryl methyl sites for hydroxylation is 1. The second kappa shape index (κ2) is 5.77. The third-order valence-corrected chi connectivity index (χ3v) is 7.93. The van der Waals surface area contributed by atoms with E-state index in [0.29, 0.717) is 0 Å². The van der Waals surface area contributed by atoms with E-state index in [4.69, 9.17) is 9.47 Å².